The number of benzene rings is 2. The summed E-state index contributed by atoms with van der Waals surface area (Å²) in [6.07, 6.45) is 8.47. The van der Waals surface area contributed by atoms with Crippen LogP contribution < -0.4 is 10.6 Å². The Labute approximate surface area is 199 Å². The predicted octanol–water partition coefficient (Wildman–Crippen LogP) is 4.68. The summed E-state index contributed by atoms with van der Waals surface area (Å²) in [6, 6.07) is 22.0. The fraction of sp³-hybridized carbons (Fsp3) is 0.296. The molecule has 2 amide bonds. The molecule has 1 aliphatic heterocycles. The van der Waals surface area contributed by atoms with Crippen LogP contribution in [-0.4, -0.2) is 28.6 Å². The van der Waals surface area contributed by atoms with Gasteiger partial charge in [0.2, 0.25) is 11.8 Å². The quantitative estimate of drug-likeness (QED) is 0.456. The molecule has 5 nitrogen and oxygen atoms in total. The van der Waals surface area contributed by atoms with Gasteiger partial charge in [-0.1, -0.05) is 42.5 Å². The monoisotopic (exact) mass is 459 g/mol. The Morgan fingerprint density at radius 3 is 2.39 bits per heavy atom. The smallest absolute Gasteiger partial charge is 0.220 e. The van der Waals surface area contributed by atoms with Crippen molar-refractivity contribution < 1.29 is 9.59 Å². The lowest BCUT2D eigenvalue weighted by atomic mass is 9.85. The Hall–Kier alpha value is -3.12. The van der Waals surface area contributed by atoms with E-state index in [0.717, 1.165) is 24.0 Å². The third-order valence-electron chi connectivity index (χ3n) is 6.25. The molecule has 1 fully saturated rings. The molecule has 2 aromatic carbocycles. The van der Waals surface area contributed by atoms with Gasteiger partial charge in [0.1, 0.15) is 0 Å². The lowest BCUT2D eigenvalue weighted by Crippen LogP contribution is -2.44. The highest BCUT2D eigenvalue weighted by Gasteiger charge is 2.38. The van der Waals surface area contributed by atoms with Crippen LogP contribution in [0.2, 0.25) is 0 Å². The molecule has 2 heterocycles. The third-order valence-corrected chi connectivity index (χ3v) is 6.99. The molecule has 6 heteroatoms. The number of thioether (sulfide) groups is 1. The molecule has 170 valence electrons. The molecule has 0 aliphatic carbocycles. The van der Waals surface area contributed by atoms with Crippen molar-refractivity contribution in [1.82, 2.24) is 15.6 Å². The van der Waals surface area contributed by atoms with E-state index in [1.54, 1.807) is 24.2 Å². The number of nitrogens with one attached hydrogen (secondary N) is 2. The second kappa shape index (κ2) is 10.7. The molecule has 0 unspecified atom stereocenters. The molecule has 0 bridgehead atoms. The molecule has 1 saturated heterocycles. The number of nitrogens with zero attached hydrogens (tertiary/aromatic N) is 1. The van der Waals surface area contributed by atoms with Gasteiger partial charge in [0.25, 0.3) is 0 Å². The first-order valence-corrected chi connectivity index (χ1v) is 12.5. The molecule has 0 saturated carbocycles. The van der Waals surface area contributed by atoms with E-state index in [4.69, 9.17) is 0 Å². The summed E-state index contributed by atoms with van der Waals surface area (Å²) >= 11 is 1.71. The van der Waals surface area contributed by atoms with Crippen molar-refractivity contribution in [2.24, 2.45) is 0 Å². The topological polar surface area (TPSA) is 71.1 Å². The van der Waals surface area contributed by atoms with E-state index in [2.05, 4.69) is 46.1 Å². The third kappa shape index (κ3) is 6.02. The number of aromatic nitrogens is 1. The Bertz CT molecular complexity index is 1030. The molecule has 1 aliphatic rings. The number of hydrogen-bond donors (Lipinski definition) is 2. The first-order valence-electron chi connectivity index (χ1n) is 11.3. The number of hydrogen-bond acceptors (Lipinski definition) is 4. The van der Waals surface area contributed by atoms with E-state index >= 15 is 0 Å². The van der Waals surface area contributed by atoms with Gasteiger partial charge in [-0.15, -0.1) is 11.8 Å². The second-order valence-corrected chi connectivity index (χ2v) is 9.42. The zero-order valence-corrected chi connectivity index (χ0v) is 19.6. The maximum absolute atomic E-state index is 13.1. The van der Waals surface area contributed by atoms with Gasteiger partial charge in [0.15, 0.2) is 0 Å². The average molecular weight is 460 g/mol. The van der Waals surface area contributed by atoms with Crippen LogP contribution in [0.25, 0.3) is 0 Å². The van der Waals surface area contributed by atoms with Crippen molar-refractivity contribution in [2.75, 3.05) is 6.26 Å². The van der Waals surface area contributed by atoms with Crippen LogP contribution in [0.5, 0.6) is 0 Å². The molecule has 0 spiro atoms. The second-order valence-electron chi connectivity index (χ2n) is 8.55. The number of pyridine rings is 1. The van der Waals surface area contributed by atoms with Crippen molar-refractivity contribution in [3.63, 3.8) is 0 Å². The molecular formula is C27H29N3O2S. The SMILES string of the molecule is CSc1ccc(C[C@]2(CCC(=O)N[C@H](c3ccccc3)c3ccncc3)CCC(=O)N2)cc1. The highest BCUT2D eigenvalue weighted by molar-refractivity contribution is 7.98. The van der Waals surface area contributed by atoms with Crippen LogP contribution in [0.15, 0.2) is 84.0 Å². The summed E-state index contributed by atoms with van der Waals surface area (Å²) in [5.74, 6) is 0.0361. The summed E-state index contributed by atoms with van der Waals surface area (Å²) in [7, 11) is 0. The minimum atomic E-state index is -0.381. The van der Waals surface area contributed by atoms with Crippen LogP contribution in [0.1, 0.15) is 48.4 Å². The van der Waals surface area contributed by atoms with Gasteiger partial charge < -0.3 is 10.6 Å². The zero-order valence-electron chi connectivity index (χ0n) is 18.8. The van der Waals surface area contributed by atoms with Crippen molar-refractivity contribution in [2.45, 2.75) is 48.6 Å². The molecule has 2 atom stereocenters. The fourth-order valence-corrected chi connectivity index (χ4v) is 4.87. The van der Waals surface area contributed by atoms with E-state index < -0.39 is 0 Å². The largest absolute Gasteiger partial charge is 0.350 e. The summed E-state index contributed by atoms with van der Waals surface area (Å²) in [6.45, 7) is 0. The minimum absolute atomic E-state index is 0.0288. The van der Waals surface area contributed by atoms with Gasteiger partial charge in [0.05, 0.1) is 6.04 Å². The van der Waals surface area contributed by atoms with E-state index in [1.807, 2.05) is 42.5 Å². The van der Waals surface area contributed by atoms with Crippen molar-refractivity contribution in [3.8, 4) is 0 Å². The van der Waals surface area contributed by atoms with Crippen molar-refractivity contribution in [1.29, 1.82) is 0 Å². The lowest BCUT2D eigenvalue weighted by Gasteiger charge is -2.30. The summed E-state index contributed by atoms with van der Waals surface area (Å²) in [5, 5.41) is 6.38. The van der Waals surface area contributed by atoms with Gasteiger partial charge in [0, 0.05) is 35.7 Å². The maximum Gasteiger partial charge on any atom is 0.220 e. The van der Waals surface area contributed by atoms with Crippen molar-refractivity contribution >= 4 is 23.6 Å². The Balaban J connectivity index is 1.45. The molecule has 33 heavy (non-hydrogen) atoms. The van der Waals surface area contributed by atoms with Crippen molar-refractivity contribution in [3.05, 3.63) is 95.8 Å². The number of amides is 2. The Kier molecular flexibility index (Phi) is 7.45. The van der Waals surface area contributed by atoms with Crippen LogP contribution in [0.4, 0.5) is 0 Å². The molecular weight excluding hydrogens is 430 g/mol. The first-order chi connectivity index (χ1) is 16.1. The number of carbonyl (C=O) groups is 2. The zero-order chi connectivity index (χ0) is 23.1. The maximum atomic E-state index is 13.1. The van der Waals surface area contributed by atoms with E-state index in [0.29, 0.717) is 19.3 Å². The molecule has 4 rings (SSSR count). The number of carbonyl (C=O) groups excluding carboxylic acids is 2. The predicted molar refractivity (Wildman–Crippen MR) is 132 cm³/mol. The fourth-order valence-electron chi connectivity index (χ4n) is 4.46. The van der Waals surface area contributed by atoms with E-state index in [-0.39, 0.29) is 23.4 Å². The standard InChI is InChI=1S/C27H29N3O2S/c1-33-23-9-7-20(8-10-23)19-27(16-12-25(32)30-27)15-11-24(31)29-26(21-5-3-2-4-6-21)22-13-17-28-18-14-22/h2-10,13-14,17-18,26H,11-12,15-16,19H2,1H3,(H,29,31)(H,30,32)/t26-,27+/m1/s1. The van der Waals surface area contributed by atoms with Gasteiger partial charge in [-0.2, -0.15) is 0 Å². The highest BCUT2D eigenvalue weighted by Crippen LogP contribution is 2.30. The van der Waals surface area contributed by atoms with E-state index in [1.165, 1.54) is 10.5 Å². The summed E-state index contributed by atoms with van der Waals surface area (Å²) in [5.41, 5.74) is 2.81. The van der Waals surface area contributed by atoms with Crippen LogP contribution >= 0.6 is 11.8 Å². The Morgan fingerprint density at radius 2 is 1.76 bits per heavy atom. The minimum Gasteiger partial charge on any atom is -0.350 e. The van der Waals surface area contributed by atoms with Gasteiger partial charge in [-0.3, -0.25) is 14.6 Å². The van der Waals surface area contributed by atoms with E-state index in [9.17, 15) is 9.59 Å². The van der Waals surface area contributed by atoms with Gasteiger partial charge in [-0.25, -0.2) is 0 Å². The van der Waals surface area contributed by atoms with Crippen LogP contribution in [0, 0.1) is 0 Å². The van der Waals surface area contributed by atoms with Gasteiger partial charge in [-0.05, 0) is 66.5 Å². The molecule has 0 radical (unpaired) electrons. The molecule has 2 N–H and O–H groups in total. The summed E-state index contributed by atoms with van der Waals surface area (Å²) < 4.78 is 0. The average Bonchev–Trinajstić information content (AvgIpc) is 3.23. The first kappa shape index (κ1) is 23.1. The Morgan fingerprint density at radius 1 is 1.06 bits per heavy atom. The summed E-state index contributed by atoms with van der Waals surface area (Å²) in [4.78, 5) is 30.5. The molecule has 1 aromatic heterocycles. The molecule has 3 aromatic rings. The highest BCUT2D eigenvalue weighted by atomic mass is 32.2. The van der Waals surface area contributed by atoms with Gasteiger partial charge >= 0.3 is 0 Å². The lowest BCUT2D eigenvalue weighted by molar-refractivity contribution is -0.123. The van der Waals surface area contributed by atoms with Crippen LogP contribution in [-0.2, 0) is 16.0 Å². The normalized spacial score (nSPS) is 18.5. The number of rotatable bonds is 9. The van der Waals surface area contributed by atoms with Crippen LogP contribution in [0.3, 0.4) is 0 Å².